The number of sulfonamides is 1. The summed E-state index contributed by atoms with van der Waals surface area (Å²) in [7, 11) is -0.946. The first-order valence-electron chi connectivity index (χ1n) is 7.49. The maximum absolute atomic E-state index is 12.4. The van der Waals surface area contributed by atoms with E-state index in [-0.39, 0.29) is 16.7 Å². The van der Waals surface area contributed by atoms with Crippen LogP contribution in [0, 0.1) is 0 Å². The predicted molar refractivity (Wildman–Crippen MR) is 100 cm³/mol. The standard InChI is InChI=1S/C16H19N3O5S2/c1-11(20)17-12-6-7-14(24-3)13(9-12)18-15(21)10-19(2)26(22,23)16-5-4-8-25-16/h4-9H,10H2,1-3H3,(H,17,20)(H,18,21). The number of carbonyl (C=O) groups is 2. The Hall–Kier alpha value is -2.43. The Balaban J connectivity index is 2.13. The molecule has 0 saturated heterocycles. The number of benzene rings is 1. The van der Waals surface area contributed by atoms with Crippen LogP contribution in [0.1, 0.15) is 6.92 Å². The van der Waals surface area contributed by atoms with E-state index in [4.69, 9.17) is 4.74 Å². The molecule has 0 radical (unpaired) electrons. The van der Waals surface area contributed by atoms with Crippen LogP contribution in [0.15, 0.2) is 39.9 Å². The van der Waals surface area contributed by atoms with Crippen LogP contribution in [0.2, 0.25) is 0 Å². The highest BCUT2D eigenvalue weighted by molar-refractivity contribution is 7.91. The zero-order chi connectivity index (χ0) is 19.3. The number of amides is 2. The van der Waals surface area contributed by atoms with Crippen LogP contribution in [-0.4, -0.2) is 45.2 Å². The molecule has 140 valence electrons. The van der Waals surface area contributed by atoms with Crippen molar-refractivity contribution < 1.29 is 22.7 Å². The molecular formula is C16H19N3O5S2. The van der Waals surface area contributed by atoms with Gasteiger partial charge in [-0.05, 0) is 29.6 Å². The summed E-state index contributed by atoms with van der Waals surface area (Å²) < 4.78 is 31.0. The van der Waals surface area contributed by atoms with Crippen molar-refractivity contribution in [3.05, 3.63) is 35.7 Å². The first kappa shape index (κ1) is 19.9. The number of hydrogen-bond donors (Lipinski definition) is 2. The lowest BCUT2D eigenvalue weighted by atomic mass is 10.2. The first-order chi connectivity index (χ1) is 12.2. The molecule has 26 heavy (non-hydrogen) atoms. The third-order valence-corrected chi connectivity index (χ3v) is 6.50. The number of nitrogens with zero attached hydrogens (tertiary/aromatic N) is 1. The summed E-state index contributed by atoms with van der Waals surface area (Å²) in [6.07, 6.45) is 0. The van der Waals surface area contributed by atoms with E-state index in [1.54, 1.807) is 23.6 Å². The molecule has 2 amide bonds. The highest BCUT2D eigenvalue weighted by atomic mass is 32.2. The smallest absolute Gasteiger partial charge is 0.252 e. The third-order valence-electron chi connectivity index (χ3n) is 3.32. The number of thiophene rings is 1. The van der Waals surface area contributed by atoms with Gasteiger partial charge in [0.15, 0.2) is 0 Å². The molecule has 0 aliphatic rings. The molecule has 1 heterocycles. The number of likely N-dealkylation sites (N-methyl/N-ethyl adjacent to an activating group) is 1. The van der Waals surface area contributed by atoms with E-state index in [9.17, 15) is 18.0 Å². The van der Waals surface area contributed by atoms with E-state index in [1.165, 1.54) is 33.2 Å². The van der Waals surface area contributed by atoms with Crippen molar-refractivity contribution in [2.75, 3.05) is 31.3 Å². The van der Waals surface area contributed by atoms with Gasteiger partial charge in [-0.2, -0.15) is 4.31 Å². The zero-order valence-corrected chi connectivity index (χ0v) is 16.1. The molecule has 0 spiro atoms. The normalized spacial score (nSPS) is 11.2. The van der Waals surface area contributed by atoms with Gasteiger partial charge in [-0.3, -0.25) is 9.59 Å². The van der Waals surface area contributed by atoms with Gasteiger partial charge in [0.25, 0.3) is 10.0 Å². The van der Waals surface area contributed by atoms with Crippen molar-refractivity contribution in [3.63, 3.8) is 0 Å². The van der Waals surface area contributed by atoms with Gasteiger partial charge in [-0.15, -0.1) is 11.3 Å². The molecule has 10 heteroatoms. The number of nitrogens with one attached hydrogen (secondary N) is 2. The van der Waals surface area contributed by atoms with Gasteiger partial charge in [0.1, 0.15) is 9.96 Å². The molecule has 1 aromatic heterocycles. The van der Waals surface area contributed by atoms with Crippen molar-refractivity contribution in [1.82, 2.24) is 4.31 Å². The van der Waals surface area contributed by atoms with Crippen LogP contribution < -0.4 is 15.4 Å². The van der Waals surface area contributed by atoms with Crippen molar-refractivity contribution in [2.45, 2.75) is 11.1 Å². The number of anilines is 2. The minimum Gasteiger partial charge on any atom is -0.495 e. The summed E-state index contributed by atoms with van der Waals surface area (Å²) in [5.74, 6) is -0.406. The van der Waals surface area contributed by atoms with E-state index in [1.807, 2.05) is 0 Å². The predicted octanol–water partition coefficient (Wildman–Crippen LogP) is 1.97. The summed E-state index contributed by atoms with van der Waals surface area (Å²) in [4.78, 5) is 23.5. The summed E-state index contributed by atoms with van der Waals surface area (Å²) in [5.41, 5.74) is 0.804. The van der Waals surface area contributed by atoms with E-state index in [2.05, 4.69) is 10.6 Å². The number of rotatable bonds is 7. The van der Waals surface area contributed by atoms with Crippen molar-refractivity contribution in [2.24, 2.45) is 0 Å². The molecule has 2 N–H and O–H groups in total. The SMILES string of the molecule is COc1ccc(NC(C)=O)cc1NC(=O)CN(C)S(=O)(=O)c1cccs1. The Morgan fingerprint density at radius 3 is 2.54 bits per heavy atom. The molecule has 0 aliphatic heterocycles. The van der Waals surface area contributed by atoms with Gasteiger partial charge in [0.05, 0.1) is 19.3 Å². The molecule has 0 unspecified atom stereocenters. The Morgan fingerprint density at radius 1 is 1.23 bits per heavy atom. The lowest BCUT2D eigenvalue weighted by Crippen LogP contribution is -2.34. The van der Waals surface area contributed by atoms with Crippen LogP contribution in [0.4, 0.5) is 11.4 Å². The molecule has 0 saturated carbocycles. The maximum atomic E-state index is 12.4. The molecule has 0 aliphatic carbocycles. The van der Waals surface area contributed by atoms with E-state index >= 15 is 0 Å². The molecule has 8 nitrogen and oxygen atoms in total. The van der Waals surface area contributed by atoms with Gasteiger partial charge in [0, 0.05) is 19.7 Å². The Kier molecular flexibility index (Phi) is 6.35. The number of carbonyl (C=O) groups excluding carboxylic acids is 2. The molecular weight excluding hydrogens is 378 g/mol. The van der Waals surface area contributed by atoms with E-state index in [0.717, 1.165) is 15.6 Å². The number of ether oxygens (including phenoxy) is 1. The average Bonchev–Trinajstić information content (AvgIpc) is 3.09. The maximum Gasteiger partial charge on any atom is 0.252 e. The van der Waals surface area contributed by atoms with Gasteiger partial charge in [0.2, 0.25) is 11.8 Å². The van der Waals surface area contributed by atoms with Gasteiger partial charge >= 0.3 is 0 Å². The molecule has 0 bridgehead atoms. The first-order valence-corrected chi connectivity index (χ1v) is 9.81. The van der Waals surface area contributed by atoms with E-state index < -0.39 is 15.9 Å². The van der Waals surface area contributed by atoms with Crippen LogP contribution >= 0.6 is 11.3 Å². The van der Waals surface area contributed by atoms with Crippen LogP contribution in [-0.2, 0) is 19.6 Å². The molecule has 2 aromatic rings. The van der Waals surface area contributed by atoms with Gasteiger partial charge < -0.3 is 15.4 Å². The Labute approximate surface area is 155 Å². The fourth-order valence-corrected chi connectivity index (χ4v) is 4.46. The molecule has 0 atom stereocenters. The Bertz CT molecular complexity index is 895. The quantitative estimate of drug-likeness (QED) is 0.743. The summed E-state index contributed by atoms with van der Waals surface area (Å²) in [6.45, 7) is 1.00. The van der Waals surface area contributed by atoms with Crippen LogP contribution in [0.5, 0.6) is 5.75 Å². The second-order valence-electron chi connectivity index (χ2n) is 5.34. The van der Waals surface area contributed by atoms with Gasteiger partial charge in [-0.1, -0.05) is 6.07 Å². The topological polar surface area (TPSA) is 105 Å². The van der Waals surface area contributed by atoms with Crippen molar-refractivity contribution in [3.8, 4) is 5.75 Å². The largest absolute Gasteiger partial charge is 0.495 e. The average molecular weight is 397 g/mol. The molecule has 1 aromatic carbocycles. The highest BCUT2D eigenvalue weighted by Crippen LogP contribution is 2.28. The van der Waals surface area contributed by atoms with Crippen molar-refractivity contribution in [1.29, 1.82) is 0 Å². The molecule has 0 fully saturated rings. The van der Waals surface area contributed by atoms with Gasteiger partial charge in [-0.25, -0.2) is 8.42 Å². The minimum atomic E-state index is -3.72. The summed E-state index contributed by atoms with van der Waals surface area (Å²) in [5, 5.41) is 6.86. The fraction of sp³-hybridized carbons (Fsp3) is 0.250. The highest BCUT2D eigenvalue weighted by Gasteiger charge is 2.24. The lowest BCUT2D eigenvalue weighted by Gasteiger charge is -2.17. The second-order valence-corrected chi connectivity index (χ2v) is 8.56. The second kappa shape index (κ2) is 8.30. The zero-order valence-electron chi connectivity index (χ0n) is 14.5. The third kappa shape index (κ3) is 4.81. The lowest BCUT2D eigenvalue weighted by molar-refractivity contribution is -0.116. The minimum absolute atomic E-state index is 0.165. The summed E-state index contributed by atoms with van der Waals surface area (Å²) >= 11 is 1.08. The van der Waals surface area contributed by atoms with Crippen LogP contribution in [0.25, 0.3) is 0 Å². The van der Waals surface area contributed by atoms with Crippen LogP contribution in [0.3, 0.4) is 0 Å². The fourth-order valence-electron chi connectivity index (χ4n) is 2.13. The van der Waals surface area contributed by atoms with E-state index in [0.29, 0.717) is 17.1 Å². The monoisotopic (exact) mass is 397 g/mol. The number of hydrogen-bond acceptors (Lipinski definition) is 6. The Morgan fingerprint density at radius 2 is 1.96 bits per heavy atom. The van der Waals surface area contributed by atoms with Crippen molar-refractivity contribution >= 4 is 44.5 Å². The number of methoxy groups -OCH3 is 1. The summed E-state index contributed by atoms with van der Waals surface area (Å²) in [6, 6.07) is 7.86. The molecule has 2 rings (SSSR count).